The number of aromatic nitrogens is 2. The highest BCUT2D eigenvalue weighted by molar-refractivity contribution is 6.32. The SMILES string of the molecule is CNC(CC(C)C)C(=O)NC1C(=O)NC(CC(N)=O)C(=O)NC2C(=O)NC3C(=O)NC(C(=O)N[C@@H](C(=O)NNC(=O)CCOC)c4cc(O)cc(O)c4-c4cc3ccc4O)C(O)c3ccc(c(Cl)c3)Oc3cc2cc(c3OC2OC(CO)C(O)C(O)C2OC2C[C@@](C)(NCCn3ccc(NC(=O)Cc4ccc(Cl)c(F)c4)nc3=O)C(O)C(C)O2)Oc2ccc(cc2Cl)C1O. The van der Waals surface area contributed by atoms with Gasteiger partial charge in [-0.2, -0.15) is 4.98 Å². The maximum Gasteiger partial charge on any atom is 0.349 e. The molecule has 7 aliphatic heterocycles. The number of nitrogens with two attached hydrogens (primary N) is 1. The van der Waals surface area contributed by atoms with Crippen molar-refractivity contribution in [2.75, 3.05) is 39.2 Å². The molecule has 2 fully saturated rings. The van der Waals surface area contributed by atoms with Crippen LogP contribution in [0.4, 0.5) is 10.2 Å². The number of aliphatic hydroxyl groups excluding tert-OH is 6. The van der Waals surface area contributed by atoms with Crippen molar-refractivity contribution in [3.05, 3.63) is 174 Å². The van der Waals surface area contributed by atoms with Gasteiger partial charge in [-0.05, 0) is 139 Å². The minimum atomic E-state index is -2.42. The summed E-state index contributed by atoms with van der Waals surface area (Å²) in [5.74, 6) is -18.4. The summed E-state index contributed by atoms with van der Waals surface area (Å²) in [6.45, 7) is 5.31. The zero-order valence-electron chi connectivity index (χ0n) is 69.5. The first kappa shape index (κ1) is 96.1. The van der Waals surface area contributed by atoms with Crippen molar-refractivity contribution in [1.29, 1.82) is 0 Å². The van der Waals surface area contributed by atoms with Crippen molar-refractivity contribution in [3.8, 4) is 57.1 Å². The molecule has 0 radical (unpaired) electrons. The molecule has 10 amide bonds. The standard InChI is InChI=1S/C84H94Cl3FN14O27/c1-34(2)21-48(90-5)75(115)98-66-68(110)38-9-13-52(45(86)25-38)125-54-27-40-28-55(72(54)129-82-73(71(113)70(112)56(33-103)127-82)128-61-32-84(4,74(114)35(3)124-61)91-17-19-102-18-15-58(94-83(102)122)93-60(109)23-36-7-11-44(85)47(88)22-36)126-53-14-10-39(26-46(53)87)69(111)67-80(120)97-65(81(121)101-100-59(108)16-20-123-6)43-29-41(104)30-51(106)62(43)42-24-37(8-12-50(42)105)63(77(117)99-67)96-78(118)64(40)95-76(116)49(31-57(89)107)92-79(66)119/h7-15,18,22,24-30,34-35,48-49,56,61,63-71,73-74,82,90-91,103-106,110-114H,16-17,19-21,23,31-33H2,1-6H3,(H2,89,107)(H,92,119)(H,95,116)(H,96,118)(H,97,120)(H,98,115)(H,99,117)(H,100,108)(H,101,121)(H,93,94,109,122)/t35?,48?,49?,56?,61?,63?,64?,65-,66?,67?,68?,69?,70?,71?,73?,74?,82?,84-/m1/s1. The average molecular weight is 1860 g/mol. The van der Waals surface area contributed by atoms with Gasteiger partial charge in [0, 0.05) is 55.5 Å². The maximum atomic E-state index is 16.4. The molecule has 8 heterocycles. The zero-order valence-corrected chi connectivity index (χ0v) is 71.8. The second kappa shape index (κ2) is 41.2. The highest BCUT2D eigenvalue weighted by Gasteiger charge is 2.52. The number of rotatable bonds is 23. The summed E-state index contributed by atoms with van der Waals surface area (Å²) in [6, 6.07) is 4.03. The number of halogens is 4. The van der Waals surface area contributed by atoms with E-state index in [0.29, 0.717) is 5.56 Å². The highest BCUT2D eigenvalue weighted by atomic mass is 35.5. The molecule has 129 heavy (non-hydrogen) atoms. The lowest BCUT2D eigenvalue weighted by atomic mass is 9.85. The van der Waals surface area contributed by atoms with Gasteiger partial charge in [-0.15, -0.1) is 0 Å². The minimum Gasteiger partial charge on any atom is -0.508 e. The monoisotopic (exact) mass is 1850 g/mol. The van der Waals surface area contributed by atoms with Crippen molar-refractivity contribution < 1.29 is 131 Å². The van der Waals surface area contributed by atoms with Crippen LogP contribution in [-0.4, -0.2) is 227 Å². The van der Waals surface area contributed by atoms with E-state index in [2.05, 4.69) is 63.7 Å². The van der Waals surface area contributed by atoms with E-state index in [4.69, 9.17) is 73.7 Å². The van der Waals surface area contributed by atoms with Gasteiger partial charge in [0.05, 0.1) is 65.8 Å². The van der Waals surface area contributed by atoms with Crippen molar-refractivity contribution >= 4 is 99.7 Å². The van der Waals surface area contributed by atoms with Gasteiger partial charge in [0.2, 0.25) is 65.2 Å². The molecule has 18 atom stereocenters. The molecule has 7 aromatic rings. The number of amides is 10. The van der Waals surface area contributed by atoms with E-state index in [-0.39, 0.29) is 73.3 Å². The van der Waals surface area contributed by atoms with Gasteiger partial charge < -0.3 is 133 Å². The Morgan fingerprint density at radius 3 is 2.01 bits per heavy atom. The van der Waals surface area contributed by atoms with Crippen LogP contribution in [0.2, 0.25) is 15.1 Å². The molecule has 690 valence electrons. The van der Waals surface area contributed by atoms with Crippen molar-refractivity contribution in [2.24, 2.45) is 11.7 Å². The number of phenols is 3. The number of phenolic OH excluding ortho intramolecular Hbond substituents is 3. The number of carbonyl (C=O) groups excluding carboxylic acids is 10. The third-order valence-corrected chi connectivity index (χ3v) is 22.9. The first-order valence-corrected chi connectivity index (χ1v) is 41.4. The number of hydrazine groups is 1. The molecule has 2 saturated heterocycles. The van der Waals surface area contributed by atoms with Gasteiger partial charge in [-0.1, -0.05) is 72.9 Å². The second-order valence-corrected chi connectivity index (χ2v) is 33.0. The molecule has 22 N–H and O–H groups in total. The zero-order chi connectivity index (χ0) is 93.5. The Bertz CT molecular complexity index is 5530. The Morgan fingerprint density at radius 1 is 0.713 bits per heavy atom. The van der Waals surface area contributed by atoms with Crippen molar-refractivity contribution in [1.82, 2.24) is 62.9 Å². The maximum absolute atomic E-state index is 16.4. The Balaban J connectivity index is 0.998. The van der Waals surface area contributed by atoms with E-state index in [1.54, 1.807) is 20.8 Å². The van der Waals surface area contributed by atoms with Crippen LogP contribution in [0.3, 0.4) is 0 Å². The number of aliphatic hydroxyl groups is 6. The topological polar surface area (TPSA) is 611 Å². The number of methoxy groups -OCH3 is 1. The minimum absolute atomic E-state index is 0.0717. The number of likely N-dealkylation sites (N-methyl/N-ethyl adjacent to an activating group) is 1. The van der Waals surface area contributed by atoms with Crippen LogP contribution in [-0.2, 0) is 79.9 Å². The number of nitrogens with one attached hydrogen (secondary N) is 11. The molecule has 16 unspecified atom stereocenters. The molecule has 41 nitrogen and oxygen atoms in total. The number of primary amides is 1. The number of aromatic hydroxyl groups is 3. The Morgan fingerprint density at radius 2 is 1.37 bits per heavy atom. The number of carbonyl (C=O) groups is 10. The molecule has 0 aliphatic carbocycles. The van der Waals surface area contributed by atoms with E-state index in [0.717, 1.165) is 78.9 Å². The first-order valence-electron chi connectivity index (χ1n) is 40.3. The Kier molecular flexibility index (Phi) is 30.7. The van der Waals surface area contributed by atoms with Crippen LogP contribution in [0.1, 0.15) is 117 Å². The lowest BCUT2D eigenvalue weighted by Gasteiger charge is -2.48. The summed E-state index contributed by atoms with van der Waals surface area (Å²) in [5, 5.41) is 129. The molecule has 14 rings (SSSR count). The van der Waals surface area contributed by atoms with Gasteiger partial charge in [-0.3, -0.25) is 63.4 Å². The van der Waals surface area contributed by atoms with E-state index in [1.807, 2.05) is 0 Å². The number of hydrogen-bond acceptors (Lipinski definition) is 30. The van der Waals surface area contributed by atoms with Crippen LogP contribution in [0.5, 0.6) is 46.0 Å². The third-order valence-electron chi connectivity index (χ3n) is 22.0. The fourth-order valence-corrected chi connectivity index (χ4v) is 15.8. The predicted octanol–water partition coefficient (Wildman–Crippen LogP) is 1.07. The number of benzene rings is 6. The van der Waals surface area contributed by atoms with Gasteiger partial charge in [0.25, 0.3) is 5.91 Å². The second-order valence-electron chi connectivity index (χ2n) is 31.8. The van der Waals surface area contributed by atoms with E-state index >= 15 is 24.0 Å². The van der Waals surface area contributed by atoms with Gasteiger partial charge in [0.1, 0.15) is 107 Å². The molecule has 1 aromatic heterocycles. The van der Waals surface area contributed by atoms with Crippen LogP contribution < -0.4 is 84.3 Å². The normalized spacial score (nSPS) is 25.4. The van der Waals surface area contributed by atoms with E-state index in [1.165, 1.54) is 56.1 Å². The van der Waals surface area contributed by atoms with Crippen LogP contribution in [0.15, 0.2) is 114 Å². The molecule has 7 aliphatic rings. The highest BCUT2D eigenvalue weighted by Crippen LogP contribution is 2.50. The lowest BCUT2D eigenvalue weighted by molar-refractivity contribution is -0.334. The van der Waals surface area contributed by atoms with Gasteiger partial charge >= 0.3 is 5.69 Å². The van der Waals surface area contributed by atoms with Crippen molar-refractivity contribution in [2.45, 2.75) is 176 Å². The van der Waals surface area contributed by atoms with Crippen molar-refractivity contribution in [3.63, 3.8) is 0 Å². The van der Waals surface area contributed by atoms with Gasteiger partial charge in [-0.25, -0.2) is 9.18 Å². The third kappa shape index (κ3) is 22.3. The van der Waals surface area contributed by atoms with Crippen LogP contribution in [0, 0.1) is 11.7 Å². The molecular weight excluding hydrogens is 1760 g/mol. The molecule has 0 spiro atoms. The summed E-state index contributed by atoms with van der Waals surface area (Å²) in [5.41, 5.74) is 5.14. The predicted molar refractivity (Wildman–Crippen MR) is 450 cm³/mol. The number of ether oxygens (including phenoxy) is 7. The number of hydrogen-bond donors (Lipinski definition) is 21. The first-order chi connectivity index (χ1) is 61.2. The molecule has 11 bridgehead atoms. The largest absolute Gasteiger partial charge is 0.508 e. The fraction of sp³-hybridized carbons (Fsp3) is 0.405. The Hall–Kier alpha value is -12.0. The quantitative estimate of drug-likeness (QED) is 0.0398. The summed E-state index contributed by atoms with van der Waals surface area (Å²) in [4.78, 5) is 164. The van der Waals surface area contributed by atoms with E-state index < -0.39 is 277 Å². The smallest absolute Gasteiger partial charge is 0.349 e. The summed E-state index contributed by atoms with van der Waals surface area (Å²) >= 11 is 20.2. The van der Waals surface area contributed by atoms with Gasteiger partial charge in [0.15, 0.2) is 23.9 Å². The number of fused-ring (bicyclic) bond motifs is 15. The summed E-state index contributed by atoms with van der Waals surface area (Å²) in [6.07, 6.45) is -19.1. The summed E-state index contributed by atoms with van der Waals surface area (Å²) in [7, 11) is 2.75. The fourth-order valence-electron chi connectivity index (χ4n) is 15.3. The molecule has 45 heteroatoms. The molecular formula is C84H94Cl3FN14O27. The van der Waals surface area contributed by atoms with E-state index in [9.17, 15) is 79.1 Å². The number of nitrogens with zero attached hydrogens (tertiary/aromatic N) is 2. The molecule has 6 aromatic carbocycles. The summed E-state index contributed by atoms with van der Waals surface area (Å²) < 4.78 is 59.7. The number of anilines is 1. The molecule has 0 saturated carbocycles. The Labute approximate surface area is 748 Å². The van der Waals surface area contributed by atoms with Crippen LogP contribution >= 0.6 is 34.8 Å². The van der Waals surface area contributed by atoms with Crippen LogP contribution in [0.25, 0.3) is 11.1 Å². The lowest BCUT2D eigenvalue weighted by Crippen LogP contribution is -2.65. The average Bonchev–Trinajstić information content (AvgIpc) is 0.764.